The predicted octanol–water partition coefficient (Wildman–Crippen LogP) is 6.60. The van der Waals surface area contributed by atoms with Crippen LogP contribution >= 0.6 is 0 Å². The minimum absolute atomic E-state index is 0.0310. The van der Waals surface area contributed by atoms with Gasteiger partial charge in [0.1, 0.15) is 0 Å². The minimum Gasteiger partial charge on any atom is -0.0654 e. The van der Waals surface area contributed by atoms with Gasteiger partial charge in [0, 0.05) is 5.41 Å². The molecule has 0 aromatic heterocycles. The first-order chi connectivity index (χ1) is 10.5. The monoisotopic (exact) mass is 294 g/mol. The molecule has 0 saturated heterocycles. The van der Waals surface area contributed by atoms with Crippen molar-refractivity contribution in [3.63, 3.8) is 0 Å². The first-order valence-electron chi connectivity index (χ1n) is 8.63. The van der Waals surface area contributed by atoms with Crippen LogP contribution in [0.15, 0.2) is 60.7 Å². The third-order valence-corrected chi connectivity index (χ3v) is 5.46. The zero-order valence-corrected chi connectivity index (χ0v) is 14.6. The van der Waals surface area contributed by atoms with Crippen molar-refractivity contribution in [2.45, 2.75) is 58.8 Å². The van der Waals surface area contributed by atoms with Crippen molar-refractivity contribution in [1.82, 2.24) is 0 Å². The highest BCUT2D eigenvalue weighted by Crippen LogP contribution is 2.49. The molecule has 0 aliphatic rings. The molecule has 0 nitrogen and oxygen atoms in total. The molecule has 0 spiro atoms. The highest BCUT2D eigenvalue weighted by molar-refractivity contribution is 5.40. The molecule has 118 valence electrons. The highest BCUT2D eigenvalue weighted by atomic mass is 14.5. The van der Waals surface area contributed by atoms with Gasteiger partial charge in [-0.25, -0.2) is 0 Å². The maximum absolute atomic E-state index is 2.43. The van der Waals surface area contributed by atoms with Crippen LogP contribution in [0.2, 0.25) is 0 Å². The quantitative estimate of drug-likeness (QED) is 0.505. The summed E-state index contributed by atoms with van der Waals surface area (Å²) in [5.41, 5.74) is 3.08. The van der Waals surface area contributed by atoms with Gasteiger partial charge in [0.25, 0.3) is 0 Å². The normalized spacial score (nSPS) is 12.4. The van der Waals surface area contributed by atoms with Crippen LogP contribution in [0.3, 0.4) is 0 Å². The molecule has 0 fully saturated rings. The molecule has 2 rings (SSSR count). The second-order valence-corrected chi connectivity index (χ2v) is 7.20. The molecule has 0 N–H and O–H groups in total. The molecule has 0 saturated carbocycles. The zero-order chi connectivity index (χ0) is 16.1. The lowest BCUT2D eigenvalue weighted by Gasteiger charge is -2.46. The van der Waals surface area contributed by atoms with Gasteiger partial charge in [-0.2, -0.15) is 0 Å². The van der Waals surface area contributed by atoms with E-state index in [1.54, 1.807) is 0 Å². The maximum atomic E-state index is 2.43. The van der Waals surface area contributed by atoms with Crippen molar-refractivity contribution >= 4 is 0 Å². The molecule has 0 heteroatoms. The number of unbranched alkanes of at least 4 members (excludes halogenated alkanes) is 2. The van der Waals surface area contributed by atoms with Crippen LogP contribution in [0, 0.1) is 5.41 Å². The van der Waals surface area contributed by atoms with Crippen LogP contribution in [-0.4, -0.2) is 0 Å². The largest absolute Gasteiger partial charge is 0.0654 e. The molecule has 0 amide bonds. The molecule has 0 atom stereocenters. The predicted molar refractivity (Wildman–Crippen MR) is 97.3 cm³/mol. The molecule has 0 radical (unpaired) electrons. The van der Waals surface area contributed by atoms with E-state index < -0.39 is 0 Å². The van der Waals surface area contributed by atoms with Crippen LogP contribution in [0.5, 0.6) is 0 Å². The maximum Gasteiger partial charge on any atom is 0.0225 e. The molecule has 0 aliphatic carbocycles. The molecule has 0 aliphatic heterocycles. The number of hydrogen-bond acceptors (Lipinski definition) is 0. The highest BCUT2D eigenvalue weighted by Gasteiger charge is 2.42. The fourth-order valence-corrected chi connectivity index (χ4v) is 3.56. The van der Waals surface area contributed by atoms with Crippen LogP contribution in [-0.2, 0) is 5.41 Å². The molecule has 0 bridgehead atoms. The second kappa shape index (κ2) is 7.13. The van der Waals surface area contributed by atoms with Gasteiger partial charge in [-0.05, 0) is 23.0 Å². The Morgan fingerprint density at radius 1 is 0.682 bits per heavy atom. The van der Waals surface area contributed by atoms with Crippen molar-refractivity contribution in [2.24, 2.45) is 5.41 Å². The van der Waals surface area contributed by atoms with Crippen LogP contribution < -0.4 is 0 Å². The van der Waals surface area contributed by atoms with E-state index in [9.17, 15) is 0 Å². The first kappa shape index (κ1) is 16.8. The molecular formula is C22H30. The van der Waals surface area contributed by atoms with Gasteiger partial charge in [-0.3, -0.25) is 0 Å². The van der Waals surface area contributed by atoms with Gasteiger partial charge < -0.3 is 0 Å². The molecule has 0 heterocycles. The second-order valence-electron chi connectivity index (χ2n) is 7.20. The third kappa shape index (κ3) is 3.27. The smallest absolute Gasteiger partial charge is 0.0225 e. The van der Waals surface area contributed by atoms with E-state index in [0.29, 0.717) is 0 Å². The van der Waals surface area contributed by atoms with E-state index in [-0.39, 0.29) is 10.8 Å². The van der Waals surface area contributed by atoms with Crippen molar-refractivity contribution < 1.29 is 0 Å². The molecule has 22 heavy (non-hydrogen) atoms. The lowest BCUT2D eigenvalue weighted by atomic mass is 9.58. The van der Waals surface area contributed by atoms with Crippen molar-refractivity contribution in [3.8, 4) is 0 Å². The Morgan fingerprint density at radius 3 is 1.55 bits per heavy atom. The number of hydrogen-bond donors (Lipinski definition) is 0. The first-order valence-corrected chi connectivity index (χ1v) is 8.63. The molecular weight excluding hydrogens is 264 g/mol. The summed E-state index contributed by atoms with van der Waals surface area (Å²) >= 11 is 0. The van der Waals surface area contributed by atoms with Gasteiger partial charge in [-0.15, -0.1) is 0 Å². The summed E-state index contributed by atoms with van der Waals surface area (Å²) in [6, 6.07) is 22.0. The average Bonchev–Trinajstić information content (AvgIpc) is 2.55. The Hall–Kier alpha value is -1.56. The number of benzene rings is 2. The van der Waals surface area contributed by atoms with Gasteiger partial charge in [0.15, 0.2) is 0 Å². The SMILES string of the molecule is CCCCCC(C)(C)C(C)(c1ccccc1)c1ccccc1. The molecule has 2 aromatic rings. The Labute approximate surface area is 136 Å². The summed E-state index contributed by atoms with van der Waals surface area (Å²) in [7, 11) is 0. The Balaban J connectivity index is 2.46. The summed E-state index contributed by atoms with van der Waals surface area (Å²) < 4.78 is 0. The van der Waals surface area contributed by atoms with Gasteiger partial charge >= 0.3 is 0 Å². The van der Waals surface area contributed by atoms with E-state index in [2.05, 4.69) is 88.4 Å². The standard InChI is InChI=1S/C22H30/c1-5-6-13-18-21(2,3)22(4,19-14-9-7-10-15-19)20-16-11-8-12-17-20/h7-12,14-17H,5-6,13,18H2,1-4H3. The summed E-state index contributed by atoms with van der Waals surface area (Å²) in [5.74, 6) is 0. The molecule has 0 unspecified atom stereocenters. The Kier molecular flexibility index (Phi) is 5.45. The average molecular weight is 294 g/mol. The van der Waals surface area contributed by atoms with E-state index in [1.807, 2.05) is 0 Å². The van der Waals surface area contributed by atoms with Gasteiger partial charge in [-0.1, -0.05) is 108 Å². The van der Waals surface area contributed by atoms with Crippen LogP contribution in [0.4, 0.5) is 0 Å². The van der Waals surface area contributed by atoms with E-state index in [4.69, 9.17) is 0 Å². The van der Waals surface area contributed by atoms with Gasteiger partial charge in [0.2, 0.25) is 0 Å². The lowest BCUT2D eigenvalue weighted by molar-refractivity contribution is 0.194. The number of rotatable bonds is 7. The van der Waals surface area contributed by atoms with Crippen LogP contribution in [0.25, 0.3) is 0 Å². The van der Waals surface area contributed by atoms with Gasteiger partial charge in [0.05, 0.1) is 0 Å². The Morgan fingerprint density at radius 2 is 1.14 bits per heavy atom. The topological polar surface area (TPSA) is 0 Å². The minimum atomic E-state index is 0.0310. The van der Waals surface area contributed by atoms with Crippen molar-refractivity contribution in [2.75, 3.05) is 0 Å². The van der Waals surface area contributed by atoms with Crippen molar-refractivity contribution in [3.05, 3.63) is 71.8 Å². The van der Waals surface area contributed by atoms with E-state index >= 15 is 0 Å². The molecule has 2 aromatic carbocycles. The lowest BCUT2D eigenvalue weighted by Crippen LogP contribution is -2.40. The van der Waals surface area contributed by atoms with Crippen molar-refractivity contribution in [1.29, 1.82) is 0 Å². The van der Waals surface area contributed by atoms with E-state index in [1.165, 1.54) is 36.8 Å². The summed E-state index contributed by atoms with van der Waals surface area (Å²) in [6.07, 6.45) is 5.16. The fourth-order valence-electron chi connectivity index (χ4n) is 3.56. The summed E-state index contributed by atoms with van der Waals surface area (Å²) in [6.45, 7) is 9.57. The third-order valence-electron chi connectivity index (χ3n) is 5.46. The Bertz CT molecular complexity index is 512. The summed E-state index contributed by atoms with van der Waals surface area (Å²) in [5, 5.41) is 0. The van der Waals surface area contributed by atoms with Crippen LogP contribution in [0.1, 0.15) is 64.5 Å². The summed E-state index contributed by atoms with van der Waals surface area (Å²) in [4.78, 5) is 0. The van der Waals surface area contributed by atoms with E-state index in [0.717, 1.165) is 0 Å². The fraction of sp³-hybridized carbons (Fsp3) is 0.455. The zero-order valence-electron chi connectivity index (χ0n) is 14.6.